The number of hydrogen-bond donors (Lipinski definition) is 2. The maximum Gasteiger partial charge on any atom is 0.231 e. The fourth-order valence-corrected chi connectivity index (χ4v) is 4.09. The summed E-state index contributed by atoms with van der Waals surface area (Å²) in [7, 11) is 1.60. The maximum absolute atomic E-state index is 11.1. The molecule has 0 atom stereocenters. The Labute approximate surface area is 148 Å². The van der Waals surface area contributed by atoms with E-state index >= 15 is 0 Å². The van der Waals surface area contributed by atoms with Gasteiger partial charge in [-0.15, -0.1) is 0 Å². The third-order valence-electron chi connectivity index (χ3n) is 5.49. The smallest absolute Gasteiger partial charge is 0.231 e. The number of nitrogens with two attached hydrogens (primary N) is 1. The number of likely N-dealkylation sites (tertiary alicyclic amines) is 1. The number of piperidine rings is 1. The van der Waals surface area contributed by atoms with Crippen LogP contribution in [0.3, 0.4) is 0 Å². The Hall–Kier alpha value is -2.28. The van der Waals surface area contributed by atoms with Gasteiger partial charge in [-0.3, -0.25) is 14.5 Å². The summed E-state index contributed by atoms with van der Waals surface area (Å²) in [5.41, 5.74) is 7.42. The van der Waals surface area contributed by atoms with E-state index in [0.29, 0.717) is 29.8 Å². The Morgan fingerprint density at radius 1 is 1.32 bits per heavy atom. The summed E-state index contributed by atoms with van der Waals surface area (Å²) >= 11 is 0. The Bertz CT molecular complexity index is 641. The van der Waals surface area contributed by atoms with Crippen molar-refractivity contribution in [1.82, 2.24) is 4.90 Å². The van der Waals surface area contributed by atoms with Crippen molar-refractivity contribution in [2.24, 2.45) is 11.1 Å². The highest BCUT2D eigenvalue weighted by molar-refractivity contribution is 5.77. The van der Waals surface area contributed by atoms with Crippen LogP contribution in [0.2, 0.25) is 0 Å². The molecule has 0 unspecified atom stereocenters. The number of ether oxygens (including phenoxy) is 1. The van der Waals surface area contributed by atoms with Crippen LogP contribution < -0.4 is 20.7 Å². The first-order chi connectivity index (χ1) is 12.0. The number of amides is 2. The molecule has 0 bridgehead atoms. The van der Waals surface area contributed by atoms with Gasteiger partial charge in [0, 0.05) is 31.4 Å². The van der Waals surface area contributed by atoms with E-state index in [-0.39, 0.29) is 5.91 Å². The van der Waals surface area contributed by atoms with Crippen molar-refractivity contribution in [3.8, 4) is 5.75 Å². The highest BCUT2D eigenvalue weighted by Crippen LogP contribution is 2.41. The number of anilines is 2. The van der Waals surface area contributed by atoms with Crippen LogP contribution in [0.1, 0.15) is 19.3 Å². The molecule has 1 aromatic rings. The fraction of sp³-hybridized carbons (Fsp3) is 0.556. The molecular weight excluding hydrogens is 320 g/mol. The van der Waals surface area contributed by atoms with Gasteiger partial charge in [0.05, 0.1) is 19.3 Å². The number of carbonyl (C=O) groups excluding carboxylic acids is 2. The Morgan fingerprint density at radius 2 is 2.04 bits per heavy atom. The minimum absolute atomic E-state index is 0.245. The molecule has 2 aliphatic rings. The lowest BCUT2D eigenvalue weighted by Gasteiger charge is -2.40. The van der Waals surface area contributed by atoms with Gasteiger partial charge in [0.1, 0.15) is 5.75 Å². The van der Waals surface area contributed by atoms with E-state index in [1.165, 1.54) is 0 Å². The van der Waals surface area contributed by atoms with Crippen LogP contribution in [-0.2, 0) is 9.59 Å². The van der Waals surface area contributed by atoms with Crippen LogP contribution in [0.15, 0.2) is 18.2 Å². The van der Waals surface area contributed by atoms with Crippen LogP contribution >= 0.6 is 0 Å². The van der Waals surface area contributed by atoms with Crippen molar-refractivity contribution >= 4 is 23.7 Å². The van der Waals surface area contributed by atoms with Gasteiger partial charge >= 0.3 is 0 Å². The molecule has 2 aliphatic heterocycles. The number of hydrogen-bond acceptors (Lipinski definition) is 5. The third-order valence-corrected chi connectivity index (χ3v) is 5.49. The van der Waals surface area contributed by atoms with E-state index in [2.05, 4.69) is 15.1 Å². The van der Waals surface area contributed by atoms with E-state index in [1.807, 2.05) is 18.2 Å². The van der Waals surface area contributed by atoms with Crippen LogP contribution in [0.4, 0.5) is 11.4 Å². The number of primary amides is 1. The first kappa shape index (κ1) is 17.5. The second-order valence-corrected chi connectivity index (χ2v) is 7.06. The van der Waals surface area contributed by atoms with E-state index < -0.39 is 0 Å². The summed E-state index contributed by atoms with van der Waals surface area (Å²) < 4.78 is 5.38. The summed E-state index contributed by atoms with van der Waals surface area (Å²) in [5, 5.41) is 2.65. The first-order valence-electron chi connectivity index (χ1n) is 8.69. The predicted molar refractivity (Wildman–Crippen MR) is 96.8 cm³/mol. The van der Waals surface area contributed by atoms with Gasteiger partial charge in [-0.1, -0.05) is 0 Å². The molecule has 2 amide bonds. The summed E-state index contributed by atoms with van der Waals surface area (Å²) in [5.74, 6) is 0.420. The van der Waals surface area contributed by atoms with Gasteiger partial charge in [0.15, 0.2) is 0 Å². The SMILES string of the molecule is COc1cc(N2CCC3(CCN(CC(N)=O)C3)CC2)ccc1NC=O. The molecule has 3 N–H and O–H groups in total. The van der Waals surface area contributed by atoms with Gasteiger partial charge in [-0.25, -0.2) is 0 Å². The molecule has 2 saturated heterocycles. The van der Waals surface area contributed by atoms with Crippen LogP contribution in [-0.4, -0.2) is 57.1 Å². The Kier molecular flexibility index (Phi) is 5.13. The standard InChI is InChI=1S/C18H26N4O3/c1-25-16-10-14(2-3-15(16)20-13-23)22-8-5-18(6-9-22)4-7-21(12-18)11-17(19)24/h2-3,10,13H,4-9,11-12H2,1H3,(H2,19,24)(H,20,23). The zero-order valence-electron chi connectivity index (χ0n) is 14.7. The summed E-state index contributed by atoms with van der Waals surface area (Å²) in [4.78, 5) is 26.3. The molecule has 136 valence electrons. The van der Waals surface area contributed by atoms with Crippen LogP contribution in [0.5, 0.6) is 5.75 Å². The highest BCUT2D eigenvalue weighted by Gasteiger charge is 2.40. The molecule has 2 heterocycles. The minimum Gasteiger partial charge on any atom is -0.494 e. The molecule has 0 aromatic heterocycles. The second kappa shape index (κ2) is 7.31. The zero-order valence-corrected chi connectivity index (χ0v) is 14.7. The number of benzene rings is 1. The normalized spacial score (nSPS) is 19.8. The zero-order chi connectivity index (χ0) is 17.9. The average molecular weight is 346 g/mol. The monoisotopic (exact) mass is 346 g/mol. The molecule has 1 spiro atoms. The van der Waals surface area contributed by atoms with E-state index in [0.717, 1.165) is 51.1 Å². The lowest BCUT2D eigenvalue weighted by Crippen LogP contribution is -2.42. The number of nitrogens with one attached hydrogen (secondary N) is 1. The van der Waals surface area contributed by atoms with Crippen molar-refractivity contribution < 1.29 is 14.3 Å². The molecular formula is C18H26N4O3. The van der Waals surface area contributed by atoms with Crippen molar-refractivity contribution in [3.63, 3.8) is 0 Å². The van der Waals surface area contributed by atoms with Gasteiger partial charge in [-0.2, -0.15) is 0 Å². The number of methoxy groups -OCH3 is 1. The van der Waals surface area contributed by atoms with Gasteiger partial charge in [-0.05, 0) is 43.4 Å². The third kappa shape index (κ3) is 3.87. The van der Waals surface area contributed by atoms with Gasteiger partial charge < -0.3 is 20.7 Å². The van der Waals surface area contributed by atoms with Gasteiger partial charge in [0.2, 0.25) is 12.3 Å². The van der Waals surface area contributed by atoms with Crippen molar-refractivity contribution in [2.75, 3.05) is 50.1 Å². The Morgan fingerprint density at radius 3 is 2.68 bits per heavy atom. The van der Waals surface area contributed by atoms with E-state index in [1.54, 1.807) is 7.11 Å². The second-order valence-electron chi connectivity index (χ2n) is 7.06. The van der Waals surface area contributed by atoms with Crippen molar-refractivity contribution in [2.45, 2.75) is 19.3 Å². The molecule has 0 aliphatic carbocycles. The van der Waals surface area contributed by atoms with E-state index in [4.69, 9.17) is 10.5 Å². The fourth-order valence-electron chi connectivity index (χ4n) is 4.09. The lowest BCUT2D eigenvalue weighted by molar-refractivity contribution is -0.119. The topological polar surface area (TPSA) is 87.9 Å². The van der Waals surface area contributed by atoms with Crippen LogP contribution in [0.25, 0.3) is 0 Å². The molecule has 0 radical (unpaired) electrons. The van der Waals surface area contributed by atoms with Crippen molar-refractivity contribution in [3.05, 3.63) is 18.2 Å². The van der Waals surface area contributed by atoms with E-state index in [9.17, 15) is 9.59 Å². The number of rotatable bonds is 6. The summed E-state index contributed by atoms with van der Waals surface area (Å²) in [6.45, 7) is 4.26. The Balaban J connectivity index is 1.63. The molecule has 0 saturated carbocycles. The molecule has 2 fully saturated rings. The molecule has 7 heteroatoms. The maximum atomic E-state index is 11.1. The molecule has 1 aromatic carbocycles. The number of nitrogens with zero attached hydrogens (tertiary/aromatic N) is 2. The quantitative estimate of drug-likeness (QED) is 0.752. The molecule has 25 heavy (non-hydrogen) atoms. The summed E-state index contributed by atoms with van der Waals surface area (Å²) in [6.07, 6.45) is 4.01. The first-order valence-corrected chi connectivity index (χ1v) is 8.69. The molecule has 7 nitrogen and oxygen atoms in total. The number of carbonyl (C=O) groups is 2. The summed E-state index contributed by atoms with van der Waals surface area (Å²) in [6, 6.07) is 5.86. The minimum atomic E-state index is -0.245. The van der Waals surface area contributed by atoms with Crippen molar-refractivity contribution in [1.29, 1.82) is 0 Å². The largest absolute Gasteiger partial charge is 0.494 e. The predicted octanol–water partition coefficient (Wildman–Crippen LogP) is 1.04. The molecule has 3 rings (SSSR count). The van der Waals surface area contributed by atoms with Crippen LogP contribution in [0, 0.1) is 5.41 Å². The van der Waals surface area contributed by atoms with Gasteiger partial charge in [0.25, 0.3) is 0 Å². The highest BCUT2D eigenvalue weighted by atomic mass is 16.5. The average Bonchev–Trinajstić information content (AvgIpc) is 2.98. The lowest BCUT2D eigenvalue weighted by atomic mass is 9.77.